The summed E-state index contributed by atoms with van der Waals surface area (Å²) >= 11 is 0. The molecule has 0 aromatic heterocycles. The van der Waals surface area contributed by atoms with Crippen LogP contribution in [0.4, 0.5) is 0 Å². The molecule has 0 rings (SSSR count). The third-order valence-electron chi connectivity index (χ3n) is 2.49. The molecule has 0 saturated carbocycles. The van der Waals surface area contributed by atoms with Crippen LogP contribution < -0.4 is 0 Å². The molecule has 80 valence electrons. The van der Waals surface area contributed by atoms with E-state index in [-0.39, 0.29) is 0 Å². The predicted molar refractivity (Wildman–Crippen MR) is 56.9 cm³/mol. The molecular formula is C10H24N2O. The highest BCUT2D eigenvalue weighted by molar-refractivity contribution is 4.65. The minimum atomic E-state index is 0.412. The van der Waals surface area contributed by atoms with E-state index in [4.69, 9.17) is 4.74 Å². The van der Waals surface area contributed by atoms with Crippen molar-refractivity contribution in [2.24, 2.45) is 0 Å². The van der Waals surface area contributed by atoms with E-state index in [2.05, 4.69) is 37.7 Å². The van der Waals surface area contributed by atoms with E-state index >= 15 is 0 Å². The van der Waals surface area contributed by atoms with Gasteiger partial charge >= 0.3 is 0 Å². The second kappa shape index (κ2) is 7.30. The zero-order valence-corrected chi connectivity index (χ0v) is 9.71. The summed E-state index contributed by atoms with van der Waals surface area (Å²) in [5, 5.41) is 0. The highest BCUT2D eigenvalue weighted by Crippen LogP contribution is 2.02. The van der Waals surface area contributed by atoms with Gasteiger partial charge in [-0.25, -0.2) is 0 Å². The Kier molecular flexibility index (Phi) is 7.23. The van der Waals surface area contributed by atoms with Crippen LogP contribution >= 0.6 is 0 Å². The molecule has 0 aliphatic heterocycles. The standard InChI is InChI=1S/C10H24N2O/c1-6-11(4)10(9-13-8-3)12(5)7-2/h10H,6-9H2,1-5H3. The van der Waals surface area contributed by atoms with Crippen LogP contribution in [0.5, 0.6) is 0 Å². The van der Waals surface area contributed by atoms with Crippen LogP contribution in [-0.2, 0) is 4.74 Å². The molecule has 0 bridgehead atoms. The van der Waals surface area contributed by atoms with Crippen LogP contribution in [0.25, 0.3) is 0 Å². The molecule has 0 saturated heterocycles. The maximum absolute atomic E-state index is 5.46. The Bertz CT molecular complexity index is 109. The third kappa shape index (κ3) is 4.60. The Morgan fingerprint density at radius 2 is 1.46 bits per heavy atom. The van der Waals surface area contributed by atoms with Crippen molar-refractivity contribution >= 4 is 0 Å². The molecular weight excluding hydrogens is 164 g/mol. The van der Waals surface area contributed by atoms with E-state index in [0.29, 0.717) is 6.17 Å². The molecule has 0 atom stereocenters. The van der Waals surface area contributed by atoms with Gasteiger partial charge in [0, 0.05) is 6.61 Å². The molecule has 3 heteroatoms. The van der Waals surface area contributed by atoms with Crippen LogP contribution in [0.2, 0.25) is 0 Å². The van der Waals surface area contributed by atoms with Crippen LogP contribution in [0.15, 0.2) is 0 Å². The fourth-order valence-electron chi connectivity index (χ4n) is 1.24. The molecule has 0 heterocycles. The van der Waals surface area contributed by atoms with Crippen molar-refractivity contribution in [3.8, 4) is 0 Å². The summed E-state index contributed by atoms with van der Waals surface area (Å²) in [6, 6.07) is 0. The summed E-state index contributed by atoms with van der Waals surface area (Å²) in [7, 11) is 4.27. The van der Waals surface area contributed by atoms with E-state index in [9.17, 15) is 0 Å². The van der Waals surface area contributed by atoms with Crippen LogP contribution in [0.1, 0.15) is 20.8 Å². The van der Waals surface area contributed by atoms with Gasteiger partial charge in [-0.1, -0.05) is 13.8 Å². The minimum Gasteiger partial charge on any atom is -0.379 e. The first-order valence-electron chi connectivity index (χ1n) is 5.15. The Balaban J connectivity index is 4.01. The lowest BCUT2D eigenvalue weighted by atomic mass is 10.4. The topological polar surface area (TPSA) is 15.7 Å². The summed E-state index contributed by atoms with van der Waals surface area (Å²) < 4.78 is 5.46. The van der Waals surface area contributed by atoms with Crippen LogP contribution in [0, 0.1) is 0 Å². The Hall–Kier alpha value is -0.120. The highest BCUT2D eigenvalue weighted by Gasteiger charge is 2.16. The second-order valence-electron chi connectivity index (χ2n) is 3.29. The average molecular weight is 188 g/mol. The van der Waals surface area contributed by atoms with E-state index in [1.165, 1.54) is 0 Å². The van der Waals surface area contributed by atoms with Gasteiger partial charge in [-0.15, -0.1) is 0 Å². The van der Waals surface area contributed by atoms with Gasteiger partial charge in [0.25, 0.3) is 0 Å². The number of hydrogen-bond acceptors (Lipinski definition) is 3. The fourth-order valence-corrected chi connectivity index (χ4v) is 1.24. The minimum absolute atomic E-state index is 0.412. The Labute approximate surface area is 82.7 Å². The second-order valence-corrected chi connectivity index (χ2v) is 3.29. The Morgan fingerprint density at radius 3 is 1.77 bits per heavy atom. The van der Waals surface area contributed by atoms with Gasteiger partial charge in [0.1, 0.15) is 0 Å². The molecule has 0 N–H and O–H groups in total. The van der Waals surface area contributed by atoms with Gasteiger partial charge in [0.05, 0.1) is 12.8 Å². The van der Waals surface area contributed by atoms with Crippen LogP contribution in [0.3, 0.4) is 0 Å². The number of hydrogen-bond donors (Lipinski definition) is 0. The van der Waals surface area contributed by atoms with Crippen molar-refractivity contribution in [2.45, 2.75) is 26.9 Å². The molecule has 0 aliphatic carbocycles. The number of nitrogens with zero attached hydrogens (tertiary/aromatic N) is 2. The van der Waals surface area contributed by atoms with Crippen molar-refractivity contribution in [1.82, 2.24) is 9.80 Å². The van der Waals surface area contributed by atoms with Crippen molar-refractivity contribution in [3.63, 3.8) is 0 Å². The largest absolute Gasteiger partial charge is 0.379 e. The van der Waals surface area contributed by atoms with E-state index < -0.39 is 0 Å². The van der Waals surface area contributed by atoms with Crippen molar-refractivity contribution in [1.29, 1.82) is 0 Å². The van der Waals surface area contributed by atoms with Crippen molar-refractivity contribution in [2.75, 3.05) is 40.4 Å². The fraction of sp³-hybridized carbons (Fsp3) is 1.00. The first kappa shape index (κ1) is 12.9. The summed E-state index contributed by atoms with van der Waals surface area (Å²) in [6.45, 7) is 10.1. The first-order valence-corrected chi connectivity index (χ1v) is 5.15. The van der Waals surface area contributed by atoms with Crippen molar-refractivity contribution in [3.05, 3.63) is 0 Å². The third-order valence-corrected chi connectivity index (χ3v) is 2.49. The zero-order valence-electron chi connectivity index (χ0n) is 9.71. The van der Waals surface area contributed by atoms with Gasteiger partial charge < -0.3 is 4.74 Å². The van der Waals surface area contributed by atoms with E-state index in [0.717, 1.165) is 26.3 Å². The van der Waals surface area contributed by atoms with Gasteiger partial charge in [-0.05, 0) is 34.1 Å². The SMILES string of the molecule is CCOCC(N(C)CC)N(C)CC. The molecule has 0 aromatic rings. The first-order chi connectivity index (χ1) is 6.17. The summed E-state index contributed by atoms with van der Waals surface area (Å²) in [5.74, 6) is 0. The Morgan fingerprint density at radius 1 is 1.00 bits per heavy atom. The summed E-state index contributed by atoms with van der Waals surface area (Å²) in [5.41, 5.74) is 0. The molecule has 0 radical (unpaired) electrons. The quantitative estimate of drug-likeness (QED) is 0.559. The normalized spacial score (nSPS) is 12.0. The molecule has 0 aromatic carbocycles. The van der Waals surface area contributed by atoms with Crippen molar-refractivity contribution < 1.29 is 4.74 Å². The molecule has 0 aliphatic rings. The van der Waals surface area contributed by atoms with Gasteiger partial charge in [-0.3, -0.25) is 9.80 Å². The molecule has 0 fully saturated rings. The van der Waals surface area contributed by atoms with Crippen LogP contribution in [-0.4, -0.2) is 56.4 Å². The molecule has 0 amide bonds. The maximum Gasteiger partial charge on any atom is 0.0858 e. The van der Waals surface area contributed by atoms with Gasteiger partial charge in [-0.2, -0.15) is 0 Å². The summed E-state index contributed by atoms with van der Waals surface area (Å²) in [6.07, 6.45) is 0.412. The number of likely N-dealkylation sites (N-methyl/N-ethyl adjacent to an activating group) is 2. The summed E-state index contributed by atoms with van der Waals surface area (Å²) in [4.78, 5) is 4.61. The number of ether oxygens (including phenoxy) is 1. The van der Waals surface area contributed by atoms with E-state index in [1.54, 1.807) is 0 Å². The number of rotatable bonds is 7. The highest BCUT2D eigenvalue weighted by atomic mass is 16.5. The zero-order chi connectivity index (χ0) is 10.3. The molecule has 13 heavy (non-hydrogen) atoms. The van der Waals surface area contributed by atoms with Gasteiger partial charge in [0.15, 0.2) is 0 Å². The molecule has 0 spiro atoms. The lowest BCUT2D eigenvalue weighted by Crippen LogP contribution is -2.47. The van der Waals surface area contributed by atoms with Gasteiger partial charge in [0.2, 0.25) is 0 Å². The monoisotopic (exact) mass is 188 g/mol. The molecule has 0 unspecified atom stereocenters. The maximum atomic E-state index is 5.46. The lowest BCUT2D eigenvalue weighted by molar-refractivity contribution is 0.00444. The molecule has 3 nitrogen and oxygen atoms in total. The van der Waals surface area contributed by atoms with E-state index in [1.807, 2.05) is 6.92 Å². The smallest absolute Gasteiger partial charge is 0.0858 e. The lowest BCUT2D eigenvalue weighted by Gasteiger charge is -2.33. The predicted octanol–water partition coefficient (Wildman–Crippen LogP) is 1.25. The average Bonchev–Trinajstić information content (AvgIpc) is 2.17.